The number of likely N-dealkylation sites (N-methyl/N-ethyl adjacent to an activating group) is 1. The van der Waals surface area contributed by atoms with Crippen LogP contribution in [0.5, 0.6) is 0 Å². The first-order chi connectivity index (χ1) is 17.6. The molecule has 1 atom stereocenters. The van der Waals surface area contributed by atoms with Gasteiger partial charge in [-0.2, -0.15) is 0 Å². The summed E-state index contributed by atoms with van der Waals surface area (Å²) in [5.74, 6) is -0.559. The molecule has 38 heavy (non-hydrogen) atoms. The number of nitrogens with zero attached hydrogens (tertiary/aromatic N) is 4. The van der Waals surface area contributed by atoms with Crippen molar-refractivity contribution in [2.75, 3.05) is 26.8 Å². The van der Waals surface area contributed by atoms with Gasteiger partial charge in [0.2, 0.25) is 11.8 Å². The molecule has 206 valence electrons. The van der Waals surface area contributed by atoms with Crippen molar-refractivity contribution in [1.29, 1.82) is 0 Å². The van der Waals surface area contributed by atoms with Gasteiger partial charge in [0.1, 0.15) is 12.6 Å². The van der Waals surface area contributed by atoms with Crippen LogP contribution >= 0.6 is 0 Å². The van der Waals surface area contributed by atoms with E-state index in [1.807, 2.05) is 42.5 Å². The Labute approximate surface area is 222 Å². The molecule has 0 aliphatic heterocycles. The summed E-state index contributed by atoms with van der Waals surface area (Å²) < 4.78 is 13.0. The van der Waals surface area contributed by atoms with Crippen LogP contribution in [0, 0.1) is 0 Å². The summed E-state index contributed by atoms with van der Waals surface area (Å²) in [6, 6.07) is 14.4. The highest BCUT2D eigenvalue weighted by Gasteiger charge is 2.28. The number of hydrogen-bond acceptors (Lipinski definition) is 8. The number of aromatic nitrogens is 3. The second-order valence-electron chi connectivity index (χ2n) is 9.20. The number of rotatable bonds is 12. The Hall–Kier alpha value is -4.03. The van der Waals surface area contributed by atoms with Crippen LogP contribution < -0.4 is 16.8 Å². The standard InChI is InChI=1S/C25H33N7O5.CH4/c1-25(2,27)23(34)28-19(16-36-15-17-8-5-4-6-9-17)22-30-29-21-11-7-10-18(32(21)22)12-13-37-24(35)31(3)14-20(26)33;/h4-11,19H,12-16,27H2,1-3H3,(H2,26,33)(H,28,34);1H4/t19-;/m1./s1. The largest absolute Gasteiger partial charge is 0.449 e. The van der Waals surface area contributed by atoms with Gasteiger partial charge in [0.05, 0.1) is 25.4 Å². The molecule has 0 unspecified atom stereocenters. The van der Waals surface area contributed by atoms with Crippen molar-refractivity contribution in [3.05, 3.63) is 65.6 Å². The quantitative estimate of drug-likeness (QED) is 0.319. The number of primary amides is 1. The average Bonchev–Trinajstić information content (AvgIpc) is 3.28. The fourth-order valence-corrected chi connectivity index (χ4v) is 3.50. The van der Waals surface area contributed by atoms with Gasteiger partial charge in [-0.15, -0.1) is 10.2 Å². The Morgan fingerprint density at radius 2 is 1.82 bits per heavy atom. The van der Waals surface area contributed by atoms with Crippen LogP contribution in [0.2, 0.25) is 0 Å². The lowest BCUT2D eigenvalue weighted by Gasteiger charge is -2.24. The molecule has 3 rings (SSSR count). The van der Waals surface area contributed by atoms with Crippen LogP contribution in [0.4, 0.5) is 4.79 Å². The molecule has 0 saturated carbocycles. The molecule has 2 aromatic heterocycles. The number of nitrogens with two attached hydrogens (primary N) is 2. The van der Waals surface area contributed by atoms with Crippen molar-refractivity contribution in [2.24, 2.45) is 11.5 Å². The summed E-state index contributed by atoms with van der Waals surface area (Å²) in [4.78, 5) is 37.0. The van der Waals surface area contributed by atoms with Gasteiger partial charge in [-0.1, -0.05) is 43.8 Å². The summed E-state index contributed by atoms with van der Waals surface area (Å²) >= 11 is 0. The number of hydrogen-bond donors (Lipinski definition) is 3. The highest BCUT2D eigenvalue weighted by atomic mass is 16.6. The summed E-state index contributed by atoms with van der Waals surface area (Å²) in [5, 5.41) is 11.5. The minimum atomic E-state index is -1.12. The van der Waals surface area contributed by atoms with E-state index in [0.29, 0.717) is 24.5 Å². The van der Waals surface area contributed by atoms with E-state index in [9.17, 15) is 14.4 Å². The van der Waals surface area contributed by atoms with Crippen LogP contribution in [0.1, 0.15) is 44.4 Å². The molecule has 0 spiro atoms. The van der Waals surface area contributed by atoms with Gasteiger partial charge >= 0.3 is 6.09 Å². The maximum absolute atomic E-state index is 12.8. The fraction of sp³-hybridized carbons (Fsp3) is 0.423. The number of ether oxygens (including phenoxy) is 2. The fourth-order valence-electron chi connectivity index (χ4n) is 3.50. The maximum atomic E-state index is 12.8. The Kier molecular flexibility index (Phi) is 10.7. The zero-order valence-electron chi connectivity index (χ0n) is 21.2. The molecule has 1 aromatic carbocycles. The maximum Gasteiger partial charge on any atom is 0.409 e. The smallest absolute Gasteiger partial charge is 0.409 e. The lowest BCUT2D eigenvalue weighted by atomic mass is 10.1. The molecule has 0 saturated heterocycles. The Morgan fingerprint density at radius 3 is 2.47 bits per heavy atom. The lowest BCUT2D eigenvalue weighted by molar-refractivity contribution is -0.126. The van der Waals surface area contributed by atoms with Crippen molar-refractivity contribution in [3.63, 3.8) is 0 Å². The molecular weight excluding hydrogens is 490 g/mol. The van der Waals surface area contributed by atoms with E-state index in [4.69, 9.17) is 20.9 Å². The van der Waals surface area contributed by atoms with E-state index >= 15 is 0 Å². The second-order valence-corrected chi connectivity index (χ2v) is 9.20. The Balaban J connectivity index is 0.00000507. The first-order valence-electron chi connectivity index (χ1n) is 11.8. The minimum absolute atomic E-state index is 0. The third kappa shape index (κ3) is 8.25. The third-order valence-electron chi connectivity index (χ3n) is 5.42. The van der Waals surface area contributed by atoms with E-state index in [0.717, 1.165) is 16.2 Å². The SMILES string of the molecule is C.CN(CC(N)=O)C(=O)OCCc1cccc2nnc([C@@H](COCc3ccccc3)NC(=O)C(C)(C)N)n12. The average molecular weight is 528 g/mol. The molecule has 0 radical (unpaired) electrons. The molecule has 3 amide bonds. The molecule has 12 heteroatoms. The Morgan fingerprint density at radius 1 is 1.11 bits per heavy atom. The zero-order chi connectivity index (χ0) is 27.0. The summed E-state index contributed by atoms with van der Waals surface area (Å²) in [5.41, 5.74) is 12.3. The van der Waals surface area contributed by atoms with E-state index in [-0.39, 0.29) is 33.1 Å². The molecule has 0 bridgehead atoms. The van der Waals surface area contributed by atoms with Crippen LogP contribution in [0.3, 0.4) is 0 Å². The summed E-state index contributed by atoms with van der Waals surface area (Å²) in [6.07, 6.45) is -0.341. The number of carbonyl (C=O) groups is 3. The van der Waals surface area contributed by atoms with Gasteiger partial charge in [0.25, 0.3) is 0 Å². The van der Waals surface area contributed by atoms with Crippen LogP contribution in [0.25, 0.3) is 5.65 Å². The highest BCUT2D eigenvalue weighted by molar-refractivity contribution is 5.85. The van der Waals surface area contributed by atoms with Crippen LogP contribution in [0.15, 0.2) is 48.5 Å². The topological polar surface area (TPSA) is 167 Å². The number of amides is 3. The first kappa shape index (κ1) is 30.2. The predicted octanol–water partition coefficient (Wildman–Crippen LogP) is 1.57. The third-order valence-corrected chi connectivity index (χ3v) is 5.42. The monoisotopic (exact) mass is 527 g/mol. The van der Waals surface area contributed by atoms with Gasteiger partial charge < -0.3 is 31.2 Å². The molecule has 3 aromatic rings. The second kappa shape index (κ2) is 13.5. The van der Waals surface area contributed by atoms with Crippen molar-refractivity contribution in [3.8, 4) is 0 Å². The van der Waals surface area contributed by atoms with Crippen LogP contribution in [-0.2, 0) is 32.1 Å². The number of pyridine rings is 1. The van der Waals surface area contributed by atoms with Crippen molar-refractivity contribution in [1.82, 2.24) is 24.8 Å². The molecule has 2 heterocycles. The highest BCUT2D eigenvalue weighted by Crippen LogP contribution is 2.18. The van der Waals surface area contributed by atoms with Gasteiger partial charge in [-0.3, -0.25) is 14.0 Å². The van der Waals surface area contributed by atoms with E-state index in [1.54, 1.807) is 24.3 Å². The van der Waals surface area contributed by atoms with Gasteiger partial charge in [0.15, 0.2) is 11.5 Å². The molecule has 0 fully saturated rings. The molecular formula is C26H37N7O5. The zero-order valence-corrected chi connectivity index (χ0v) is 21.2. The van der Waals surface area contributed by atoms with Gasteiger partial charge in [0, 0.05) is 19.2 Å². The Bertz CT molecular complexity index is 1220. The molecule has 5 N–H and O–H groups in total. The van der Waals surface area contributed by atoms with Crippen molar-refractivity contribution < 1.29 is 23.9 Å². The number of fused-ring (bicyclic) bond motifs is 1. The summed E-state index contributed by atoms with van der Waals surface area (Å²) in [7, 11) is 1.42. The normalized spacial score (nSPS) is 11.9. The summed E-state index contributed by atoms with van der Waals surface area (Å²) in [6.45, 7) is 3.49. The van der Waals surface area contributed by atoms with Crippen molar-refractivity contribution in [2.45, 2.75) is 45.9 Å². The molecule has 0 aliphatic carbocycles. The molecule has 12 nitrogen and oxygen atoms in total. The first-order valence-corrected chi connectivity index (χ1v) is 11.8. The van der Waals surface area contributed by atoms with Crippen LogP contribution in [-0.4, -0.2) is 69.8 Å². The van der Waals surface area contributed by atoms with Gasteiger partial charge in [-0.05, 0) is 31.5 Å². The molecule has 0 aliphatic rings. The number of carbonyl (C=O) groups excluding carboxylic acids is 3. The van der Waals surface area contributed by atoms with Gasteiger partial charge in [-0.25, -0.2) is 4.79 Å². The van der Waals surface area contributed by atoms with E-state index in [1.165, 1.54) is 7.05 Å². The van der Waals surface area contributed by atoms with E-state index in [2.05, 4.69) is 15.5 Å². The number of nitrogens with one attached hydrogen (secondary N) is 1. The lowest BCUT2D eigenvalue weighted by Crippen LogP contribution is -2.51. The minimum Gasteiger partial charge on any atom is -0.449 e. The van der Waals surface area contributed by atoms with E-state index < -0.39 is 23.6 Å². The van der Waals surface area contributed by atoms with Crippen molar-refractivity contribution >= 4 is 23.6 Å². The number of benzene rings is 1. The predicted molar refractivity (Wildman–Crippen MR) is 142 cm³/mol.